The first-order valence-electron chi connectivity index (χ1n) is 4.03. The zero-order valence-corrected chi connectivity index (χ0v) is 6.99. The first-order valence-corrected chi connectivity index (χ1v) is 4.03. The Morgan fingerprint density at radius 2 is 2.42 bits per heavy atom. The van der Waals surface area contributed by atoms with Gasteiger partial charge in [0.05, 0.1) is 12.3 Å². The van der Waals surface area contributed by atoms with Gasteiger partial charge >= 0.3 is 0 Å². The number of hydrogen-bond acceptors (Lipinski definition) is 3. The lowest BCUT2D eigenvalue weighted by molar-refractivity contribution is 0.320. The minimum atomic E-state index is 0.0838. The molecule has 64 valence electrons. The van der Waals surface area contributed by atoms with E-state index in [1.165, 1.54) is 0 Å². The molecule has 2 aliphatic rings. The van der Waals surface area contributed by atoms with E-state index in [1.54, 1.807) is 0 Å². The first-order chi connectivity index (χ1) is 5.83. The van der Waals surface area contributed by atoms with Gasteiger partial charge in [-0.2, -0.15) is 0 Å². The minimum Gasteiger partial charge on any atom is -0.390 e. The lowest BCUT2D eigenvalue weighted by atomic mass is 10.3. The molecule has 0 aromatic carbocycles. The van der Waals surface area contributed by atoms with Crippen molar-refractivity contribution in [3.05, 3.63) is 35.8 Å². The Kier molecular flexibility index (Phi) is 1.66. The lowest BCUT2D eigenvalue weighted by Gasteiger charge is -2.23. The molecule has 12 heavy (non-hydrogen) atoms. The van der Waals surface area contributed by atoms with Crippen LogP contribution in [0, 0.1) is 0 Å². The maximum Gasteiger partial charge on any atom is 0.122 e. The molecule has 0 saturated heterocycles. The topological polar surface area (TPSA) is 35.5 Å². The molecule has 2 rings (SSSR count). The van der Waals surface area contributed by atoms with Crippen LogP contribution in [0.5, 0.6) is 0 Å². The largest absolute Gasteiger partial charge is 0.390 e. The van der Waals surface area contributed by atoms with Gasteiger partial charge in [-0.05, 0) is 19.1 Å². The van der Waals surface area contributed by atoms with Crippen LogP contribution in [0.3, 0.4) is 0 Å². The summed E-state index contributed by atoms with van der Waals surface area (Å²) in [5, 5.41) is 12.2. The Morgan fingerprint density at radius 3 is 3.08 bits per heavy atom. The molecule has 1 atom stereocenters. The van der Waals surface area contributed by atoms with Gasteiger partial charge in [0.1, 0.15) is 6.17 Å². The molecule has 0 saturated carbocycles. The molecule has 0 radical (unpaired) electrons. The number of hydrogen-bond donors (Lipinski definition) is 2. The third-order valence-electron chi connectivity index (χ3n) is 2.26. The van der Waals surface area contributed by atoms with Gasteiger partial charge in [0, 0.05) is 11.9 Å². The summed E-state index contributed by atoms with van der Waals surface area (Å²) in [5.41, 5.74) is 2.01. The van der Waals surface area contributed by atoms with E-state index in [0.717, 1.165) is 11.4 Å². The van der Waals surface area contributed by atoms with Crippen LogP contribution in [0.15, 0.2) is 35.8 Å². The SMILES string of the molecule is CC1=C(CO)NC2C=CC=CN12. The summed E-state index contributed by atoms with van der Waals surface area (Å²) in [6, 6.07) is 0. The number of fused-ring (bicyclic) bond motifs is 1. The molecule has 0 aliphatic carbocycles. The van der Waals surface area contributed by atoms with Gasteiger partial charge in [0.2, 0.25) is 0 Å². The van der Waals surface area contributed by atoms with Crippen LogP contribution in [-0.2, 0) is 0 Å². The summed E-state index contributed by atoms with van der Waals surface area (Å²) in [7, 11) is 0. The smallest absolute Gasteiger partial charge is 0.122 e. The van der Waals surface area contributed by atoms with Crippen molar-refractivity contribution in [2.75, 3.05) is 6.61 Å². The van der Waals surface area contributed by atoms with Crippen LogP contribution in [0.25, 0.3) is 0 Å². The fourth-order valence-corrected chi connectivity index (χ4v) is 1.53. The normalized spacial score (nSPS) is 26.2. The maximum atomic E-state index is 8.99. The molecule has 0 aromatic rings. The van der Waals surface area contributed by atoms with Crippen LogP contribution >= 0.6 is 0 Å². The number of allylic oxidation sites excluding steroid dienone is 3. The number of nitrogens with one attached hydrogen (secondary N) is 1. The van der Waals surface area contributed by atoms with E-state index in [2.05, 4.69) is 16.3 Å². The summed E-state index contributed by atoms with van der Waals surface area (Å²) in [6.45, 7) is 2.09. The van der Waals surface area contributed by atoms with E-state index < -0.39 is 0 Å². The monoisotopic (exact) mass is 164 g/mol. The van der Waals surface area contributed by atoms with Crippen LogP contribution in [0.1, 0.15) is 6.92 Å². The fourth-order valence-electron chi connectivity index (χ4n) is 1.53. The van der Waals surface area contributed by atoms with Gasteiger partial charge in [-0.1, -0.05) is 6.08 Å². The average molecular weight is 164 g/mol. The molecule has 3 heteroatoms. The lowest BCUT2D eigenvalue weighted by Crippen LogP contribution is -2.33. The van der Waals surface area contributed by atoms with Crippen molar-refractivity contribution >= 4 is 0 Å². The molecule has 2 aliphatic heterocycles. The van der Waals surface area contributed by atoms with Crippen molar-refractivity contribution in [1.29, 1.82) is 0 Å². The highest BCUT2D eigenvalue weighted by atomic mass is 16.3. The van der Waals surface area contributed by atoms with Gasteiger partial charge in [0.25, 0.3) is 0 Å². The summed E-state index contributed by atoms with van der Waals surface area (Å²) in [4.78, 5) is 2.10. The van der Waals surface area contributed by atoms with Crippen LogP contribution < -0.4 is 5.32 Å². The summed E-state index contributed by atoms with van der Waals surface area (Å²) in [6.07, 6.45) is 8.27. The number of rotatable bonds is 1. The van der Waals surface area contributed by atoms with Gasteiger partial charge in [-0.25, -0.2) is 0 Å². The van der Waals surface area contributed by atoms with Crippen molar-refractivity contribution < 1.29 is 5.11 Å². The van der Waals surface area contributed by atoms with Crippen LogP contribution in [0.4, 0.5) is 0 Å². The molecule has 0 aromatic heterocycles. The quantitative estimate of drug-likeness (QED) is 0.593. The molecule has 2 heterocycles. The molecule has 2 N–H and O–H groups in total. The molecule has 0 spiro atoms. The summed E-state index contributed by atoms with van der Waals surface area (Å²) in [5.74, 6) is 0. The van der Waals surface area contributed by atoms with Crippen molar-refractivity contribution in [3.8, 4) is 0 Å². The van der Waals surface area contributed by atoms with E-state index in [0.29, 0.717) is 0 Å². The minimum absolute atomic E-state index is 0.0838. The van der Waals surface area contributed by atoms with E-state index >= 15 is 0 Å². The number of aliphatic hydroxyl groups is 1. The zero-order valence-electron chi connectivity index (χ0n) is 6.99. The number of nitrogens with zero attached hydrogens (tertiary/aromatic N) is 1. The van der Waals surface area contributed by atoms with Gasteiger partial charge < -0.3 is 15.3 Å². The second kappa shape index (κ2) is 2.68. The van der Waals surface area contributed by atoms with Crippen molar-refractivity contribution in [3.63, 3.8) is 0 Å². The molecular formula is C9H12N2O. The summed E-state index contributed by atoms with van der Waals surface area (Å²) >= 11 is 0. The highest BCUT2D eigenvalue weighted by Crippen LogP contribution is 2.22. The molecule has 0 bridgehead atoms. The highest BCUT2D eigenvalue weighted by molar-refractivity contribution is 5.28. The molecule has 1 unspecified atom stereocenters. The van der Waals surface area contributed by atoms with Gasteiger partial charge in [-0.3, -0.25) is 0 Å². The van der Waals surface area contributed by atoms with Crippen LogP contribution in [-0.4, -0.2) is 22.8 Å². The van der Waals surface area contributed by atoms with E-state index in [4.69, 9.17) is 5.11 Å². The highest BCUT2D eigenvalue weighted by Gasteiger charge is 2.25. The third kappa shape index (κ3) is 0.940. The molecule has 0 amide bonds. The Balaban J connectivity index is 2.27. The van der Waals surface area contributed by atoms with Crippen molar-refractivity contribution in [2.24, 2.45) is 0 Å². The maximum absolute atomic E-state index is 8.99. The van der Waals surface area contributed by atoms with E-state index in [9.17, 15) is 0 Å². The molecular weight excluding hydrogens is 152 g/mol. The van der Waals surface area contributed by atoms with Crippen molar-refractivity contribution in [2.45, 2.75) is 13.1 Å². The molecule has 3 nitrogen and oxygen atoms in total. The predicted octanol–water partition coefficient (Wildman–Crippen LogP) is 0.525. The third-order valence-corrected chi connectivity index (χ3v) is 2.26. The number of aliphatic hydroxyl groups excluding tert-OH is 1. The Morgan fingerprint density at radius 1 is 1.58 bits per heavy atom. The van der Waals surface area contributed by atoms with E-state index in [1.807, 2.05) is 25.3 Å². The second-order valence-electron chi connectivity index (χ2n) is 2.94. The predicted molar refractivity (Wildman–Crippen MR) is 46.8 cm³/mol. The zero-order chi connectivity index (χ0) is 8.55. The Bertz CT molecular complexity index is 278. The van der Waals surface area contributed by atoms with Crippen molar-refractivity contribution in [1.82, 2.24) is 10.2 Å². The van der Waals surface area contributed by atoms with Gasteiger partial charge in [0.15, 0.2) is 0 Å². The van der Waals surface area contributed by atoms with Gasteiger partial charge in [-0.15, -0.1) is 0 Å². The fraction of sp³-hybridized carbons (Fsp3) is 0.333. The van der Waals surface area contributed by atoms with Crippen LogP contribution in [0.2, 0.25) is 0 Å². The Hall–Kier alpha value is -1.22. The molecule has 0 fully saturated rings. The average Bonchev–Trinajstić information content (AvgIpc) is 2.44. The second-order valence-corrected chi connectivity index (χ2v) is 2.94. The summed E-state index contributed by atoms with van der Waals surface area (Å²) < 4.78 is 0. The standard InChI is InChI=1S/C9H12N2O/c1-7-8(6-12)10-9-4-2-3-5-11(7)9/h2-5,9-10,12H,6H2,1H3. The van der Waals surface area contributed by atoms with E-state index in [-0.39, 0.29) is 12.8 Å². The first kappa shape index (κ1) is 7.43. The Labute approximate surface area is 71.7 Å².